The quantitative estimate of drug-likeness (QED) is 0.815. The zero-order valence-electron chi connectivity index (χ0n) is 10.6. The summed E-state index contributed by atoms with van der Waals surface area (Å²) >= 11 is 0. The normalized spacial score (nSPS) is 25.3. The summed E-state index contributed by atoms with van der Waals surface area (Å²) in [7, 11) is -3.21. The maximum atomic E-state index is 12.8. The average molecular weight is 272 g/mol. The minimum atomic E-state index is -3.21. The van der Waals surface area contributed by atoms with E-state index in [1.807, 2.05) is 60.7 Å². The van der Waals surface area contributed by atoms with Crippen LogP contribution in [0.25, 0.3) is 0 Å². The van der Waals surface area contributed by atoms with E-state index in [-0.39, 0.29) is 11.3 Å². The Kier molecular flexibility index (Phi) is 3.30. The van der Waals surface area contributed by atoms with E-state index in [0.717, 1.165) is 24.0 Å². The molecular formula is C16H17O2P. The summed E-state index contributed by atoms with van der Waals surface area (Å²) in [6.07, 6.45) is 1.58. The monoisotopic (exact) mass is 272 g/mol. The molecule has 2 aromatic rings. The van der Waals surface area contributed by atoms with Crippen molar-refractivity contribution in [2.24, 2.45) is 0 Å². The molecule has 1 aliphatic heterocycles. The Bertz CT molecular complexity index is 543. The molecular weight excluding hydrogens is 255 g/mol. The van der Waals surface area contributed by atoms with Crippen molar-refractivity contribution in [2.75, 3.05) is 0 Å². The fourth-order valence-electron chi connectivity index (χ4n) is 3.01. The Hall–Kier alpha value is -1.37. The van der Waals surface area contributed by atoms with Crippen LogP contribution in [0.2, 0.25) is 0 Å². The molecule has 1 heterocycles. The third-order valence-corrected chi connectivity index (χ3v) is 6.87. The van der Waals surface area contributed by atoms with Crippen LogP contribution in [0.3, 0.4) is 0 Å². The lowest BCUT2D eigenvalue weighted by molar-refractivity contribution is 0.465. The van der Waals surface area contributed by atoms with Crippen molar-refractivity contribution in [2.45, 2.75) is 24.2 Å². The van der Waals surface area contributed by atoms with Crippen LogP contribution in [0.5, 0.6) is 0 Å². The van der Waals surface area contributed by atoms with Gasteiger partial charge < -0.3 is 4.89 Å². The molecule has 0 aromatic heterocycles. The number of benzene rings is 2. The summed E-state index contributed by atoms with van der Waals surface area (Å²) in [5, 5.41) is 0. The van der Waals surface area contributed by atoms with Crippen molar-refractivity contribution < 1.29 is 9.46 Å². The van der Waals surface area contributed by atoms with E-state index in [4.69, 9.17) is 0 Å². The van der Waals surface area contributed by atoms with Crippen molar-refractivity contribution >= 4 is 7.37 Å². The molecule has 1 aliphatic rings. The first-order chi connectivity index (χ1) is 9.19. The van der Waals surface area contributed by atoms with Gasteiger partial charge in [-0.2, -0.15) is 0 Å². The predicted octanol–water partition coefficient (Wildman–Crippen LogP) is 4.53. The van der Waals surface area contributed by atoms with Crippen LogP contribution in [-0.4, -0.2) is 4.89 Å². The second-order valence-electron chi connectivity index (χ2n) is 5.10. The molecule has 2 atom stereocenters. The zero-order valence-corrected chi connectivity index (χ0v) is 11.5. The van der Waals surface area contributed by atoms with E-state index in [2.05, 4.69) is 0 Å². The van der Waals surface area contributed by atoms with Gasteiger partial charge in [-0.1, -0.05) is 60.7 Å². The summed E-state index contributed by atoms with van der Waals surface area (Å²) in [6, 6.07) is 19.5. The van der Waals surface area contributed by atoms with Gasteiger partial charge in [0.25, 0.3) is 0 Å². The first-order valence-corrected chi connectivity index (χ1v) is 8.41. The van der Waals surface area contributed by atoms with Crippen LogP contribution in [0, 0.1) is 0 Å². The highest BCUT2D eigenvalue weighted by Crippen LogP contribution is 2.73. The van der Waals surface area contributed by atoms with Gasteiger partial charge in [0, 0.05) is 0 Å². The molecule has 1 saturated heterocycles. The Morgan fingerprint density at radius 2 is 1.16 bits per heavy atom. The van der Waals surface area contributed by atoms with Gasteiger partial charge in [-0.3, -0.25) is 4.57 Å². The third-order valence-electron chi connectivity index (χ3n) is 3.98. The lowest BCUT2D eigenvalue weighted by Crippen LogP contribution is -1.97. The standard InChI is InChI=1S/C16H17O2P/c17-19(18)15(13-7-3-1-4-8-13)11-12-16(19)14-9-5-2-6-10-14/h1-10,15-16H,11-12H2,(H,17,18)/t15-,16-/m1/s1. The largest absolute Gasteiger partial charge is 0.343 e. The third kappa shape index (κ3) is 2.27. The average Bonchev–Trinajstić information content (AvgIpc) is 2.76. The van der Waals surface area contributed by atoms with Crippen LogP contribution in [0.15, 0.2) is 60.7 Å². The Morgan fingerprint density at radius 3 is 1.53 bits per heavy atom. The summed E-state index contributed by atoms with van der Waals surface area (Å²) in [5.74, 6) is 0. The van der Waals surface area contributed by atoms with Crippen LogP contribution in [-0.2, 0) is 4.57 Å². The highest BCUT2D eigenvalue weighted by atomic mass is 31.2. The first-order valence-electron chi connectivity index (χ1n) is 6.61. The van der Waals surface area contributed by atoms with E-state index in [9.17, 15) is 9.46 Å². The molecule has 1 N–H and O–H groups in total. The van der Waals surface area contributed by atoms with Gasteiger partial charge in [-0.05, 0) is 24.0 Å². The summed E-state index contributed by atoms with van der Waals surface area (Å²) < 4.78 is 12.8. The van der Waals surface area contributed by atoms with Crippen LogP contribution < -0.4 is 0 Å². The molecule has 3 heteroatoms. The smallest absolute Gasteiger partial charge is 0.215 e. The van der Waals surface area contributed by atoms with E-state index in [0.29, 0.717) is 0 Å². The van der Waals surface area contributed by atoms with Crippen molar-refractivity contribution in [1.82, 2.24) is 0 Å². The molecule has 0 unspecified atom stereocenters. The molecule has 98 valence electrons. The van der Waals surface area contributed by atoms with E-state index < -0.39 is 7.37 Å². The lowest BCUT2D eigenvalue weighted by atomic mass is 10.0. The van der Waals surface area contributed by atoms with Gasteiger partial charge in [0.15, 0.2) is 0 Å². The summed E-state index contributed by atoms with van der Waals surface area (Å²) in [4.78, 5) is 10.6. The first kappa shape index (κ1) is 12.7. The van der Waals surface area contributed by atoms with Crippen molar-refractivity contribution in [3.05, 3.63) is 71.8 Å². The van der Waals surface area contributed by atoms with Crippen molar-refractivity contribution in [3.8, 4) is 0 Å². The summed E-state index contributed by atoms with van der Waals surface area (Å²) in [6.45, 7) is 0. The highest BCUT2D eigenvalue weighted by molar-refractivity contribution is 7.59. The van der Waals surface area contributed by atoms with E-state index in [1.54, 1.807) is 0 Å². The highest BCUT2D eigenvalue weighted by Gasteiger charge is 2.46. The second-order valence-corrected chi connectivity index (χ2v) is 7.69. The number of hydrogen-bond donors (Lipinski definition) is 1. The van der Waals surface area contributed by atoms with Crippen molar-refractivity contribution in [1.29, 1.82) is 0 Å². The van der Waals surface area contributed by atoms with Gasteiger partial charge in [-0.25, -0.2) is 0 Å². The Labute approximate surface area is 113 Å². The van der Waals surface area contributed by atoms with E-state index >= 15 is 0 Å². The van der Waals surface area contributed by atoms with Crippen LogP contribution >= 0.6 is 7.37 Å². The predicted molar refractivity (Wildman–Crippen MR) is 77.4 cm³/mol. The molecule has 2 aromatic carbocycles. The van der Waals surface area contributed by atoms with Crippen LogP contribution in [0.1, 0.15) is 35.3 Å². The lowest BCUT2D eigenvalue weighted by Gasteiger charge is -2.20. The Balaban J connectivity index is 1.95. The minimum Gasteiger partial charge on any atom is -0.343 e. The van der Waals surface area contributed by atoms with Gasteiger partial charge >= 0.3 is 0 Å². The molecule has 0 amide bonds. The molecule has 2 nitrogen and oxygen atoms in total. The fourth-order valence-corrected chi connectivity index (χ4v) is 5.68. The molecule has 0 bridgehead atoms. The molecule has 0 spiro atoms. The number of rotatable bonds is 2. The molecule has 1 fully saturated rings. The van der Waals surface area contributed by atoms with Gasteiger partial charge in [0.05, 0.1) is 11.3 Å². The summed E-state index contributed by atoms with van der Waals surface area (Å²) in [5.41, 5.74) is 1.57. The maximum absolute atomic E-state index is 12.8. The topological polar surface area (TPSA) is 37.3 Å². The zero-order chi connectivity index (χ0) is 13.3. The van der Waals surface area contributed by atoms with Gasteiger partial charge in [-0.15, -0.1) is 0 Å². The SMILES string of the molecule is O=P1(O)[C@@H](c2ccccc2)CC[C@@H]1c1ccccc1. The van der Waals surface area contributed by atoms with Gasteiger partial charge in [0.2, 0.25) is 7.37 Å². The second kappa shape index (κ2) is 4.96. The maximum Gasteiger partial charge on any atom is 0.215 e. The minimum absolute atomic E-state index is 0.209. The van der Waals surface area contributed by atoms with Crippen LogP contribution in [0.4, 0.5) is 0 Å². The number of hydrogen-bond acceptors (Lipinski definition) is 1. The molecule has 19 heavy (non-hydrogen) atoms. The van der Waals surface area contributed by atoms with Crippen molar-refractivity contribution in [3.63, 3.8) is 0 Å². The van der Waals surface area contributed by atoms with Gasteiger partial charge in [0.1, 0.15) is 0 Å². The molecule has 0 radical (unpaired) electrons. The fraction of sp³-hybridized carbons (Fsp3) is 0.250. The molecule has 3 rings (SSSR count). The Morgan fingerprint density at radius 1 is 0.789 bits per heavy atom. The molecule has 0 aliphatic carbocycles. The van der Waals surface area contributed by atoms with E-state index in [1.165, 1.54) is 0 Å². The molecule has 0 saturated carbocycles.